The molecule has 4 N–H and O–H groups in total. The Morgan fingerprint density at radius 1 is 1.10 bits per heavy atom. The van der Waals surface area contributed by atoms with E-state index in [0.29, 0.717) is 25.9 Å². The molecule has 1 saturated heterocycles. The van der Waals surface area contributed by atoms with E-state index < -0.39 is 30.5 Å². The summed E-state index contributed by atoms with van der Waals surface area (Å²) in [7, 11) is 1.93. The van der Waals surface area contributed by atoms with Crippen LogP contribution < -0.4 is 5.32 Å². The second-order valence-electron chi connectivity index (χ2n) is 10.1. The van der Waals surface area contributed by atoms with Gasteiger partial charge in [0.1, 0.15) is 30.5 Å². The van der Waals surface area contributed by atoms with E-state index in [1.54, 1.807) is 6.26 Å². The number of rotatable bonds is 11. The van der Waals surface area contributed by atoms with Crippen LogP contribution in [0, 0.1) is 24.5 Å². The number of nitrogens with one attached hydrogen (secondary N) is 1. The lowest BCUT2D eigenvalue weighted by Crippen LogP contribution is -2.53. The van der Waals surface area contributed by atoms with Crippen LogP contribution in [0.5, 0.6) is 0 Å². The number of carbonyl (C=O) groups is 1. The van der Waals surface area contributed by atoms with Gasteiger partial charge in [-0.1, -0.05) is 53.6 Å². The minimum atomic E-state index is -1.32. The molecule has 210 valence electrons. The van der Waals surface area contributed by atoms with Crippen LogP contribution in [0.25, 0.3) is 0 Å². The molecule has 39 heavy (non-hydrogen) atoms. The number of terminal acetylenes is 1. The largest absolute Gasteiger partial charge is 0.387 e. The maximum atomic E-state index is 12.1. The zero-order valence-corrected chi connectivity index (χ0v) is 23.8. The van der Waals surface area contributed by atoms with Gasteiger partial charge in [-0.25, -0.2) is 0 Å². The summed E-state index contributed by atoms with van der Waals surface area (Å²) in [4.78, 5) is 14.1. The SMILES string of the molecule is C#CCN(C)CCNC(=O)CCCc1ccc(Cc2cc([C@@H]3OC(C#SC)[C@@H](O)[C@H](O)[C@H]3O)ccc2C)cc1. The van der Waals surface area contributed by atoms with Gasteiger partial charge in [-0.3, -0.25) is 9.69 Å². The van der Waals surface area contributed by atoms with Gasteiger partial charge in [0.2, 0.25) is 5.91 Å². The first kappa shape index (κ1) is 30.8. The second-order valence-corrected chi connectivity index (χ2v) is 10.7. The summed E-state index contributed by atoms with van der Waals surface area (Å²) in [5.41, 5.74) is 5.29. The van der Waals surface area contributed by atoms with Crippen molar-refractivity contribution in [2.45, 2.75) is 63.1 Å². The predicted molar refractivity (Wildman–Crippen MR) is 156 cm³/mol. The van der Waals surface area contributed by atoms with Crippen LogP contribution >= 0.6 is 11.2 Å². The van der Waals surface area contributed by atoms with Crippen molar-refractivity contribution >= 4 is 17.1 Å². The molecule has 1 unspecified atom stereocenters. The molecule has 8 heteroatoms. The summed E-state index contributed by atoms with van der Waals surface area (Å²) < 4.78 is 5.94. The van der Waals surface area contributed by atoms with Gasteiger partial charge in [0.05, 0.1) is 6.54 Å². The Kier molecular flexibility index (Phi) is 12.0. The first-order valence-corrected chi connectivity index (χ1v) is 14.5. The van der Waals surface area contributed by atoms with Crippen molar-refractivity contribution in [3.8, 4) is 17.5 Å². The number of hydrogen-bond donors (Lipinski definition) is 4. The van der Waals surface area contributed by atoms with Crippen molar-refractivity contribution in [2.75, 3.05) is 32.9 Å². The molecular weight excluding hydrogens is 512 g/mol. The topological polar surface area (TPSA) is 102 Å². The van der Waals surface area contributed by atoms with Crippen molar-refractivity contribution < 1.29 is 24.9 Å². The number of amides is 1. The number of ether oxygens (including phenoxy) is 1. The predicted octanol–water partition coefficient (Wildman–Crippen LogP) is 2.43. The highest BCUT2D eigenvalue weighted by Crippen LogP contribution is 2.33. The van der Waals surface area contributed by atoms with Gasteiger partial charge in [-0.2, -0.15) is 0 Å². The van der Waals surface area contributed by atoms with E-state index in [2.05, 4.69) is 40.7 Å². The number of aryl methyl sites for hydroxylation is 2. The van der Waals surface area contributed by atoms with Crippen LogP contribution in [0.15, 0.2) is 42.5 Å². The lowest BCUT2D eigenvalue weighted by Gasteiger charge is -2.39. The molecule has 5 atom stereocenters. The van der Waals surface area contributed by atoms with Crippen molar-refractivity contribution in [3.05, 3.63) is 70.3 Å². The number of aliphatic hydroxyl groups excluding tert-OH is 3. The molecular formula is C31H40N2O5S. The molecule has 0 saturated carbocycles. The van der Waals surface area contributed by atoms with E-state index >= 15 is 0 Å². The van der Waals surface area contributed by atoms with Crippen LogP contribution in [-0.4, -0.2) is 83.5 Å². The Labute approximate surface area is 235 Å². The molecule has 0 spiro atoms. The average molecular weight is 553 g/mol. The Morgan fingerprint density at radius 3 is 2.51 bits per heavy atom. The van der Waals surface area contributed by atoms with E-state index in [1.165, 1.54) is 16.7 Å². The minimum Gasteiger partial charge on any atom is -0.387 e. The van der Waals surface area contributed by atoms with E-state index in [4.69, 9.17) is 11.2 Å². The number of nitrogens with zero attached hydrogens (tertiary/aromatic N) is 1. The summed E-state index contributed by atoms with van der Waals surface area (Å²) in [6, 6.07) is 14.3. The first-order valence-electron chi connectivity index (χ1n) is 13.3. The molecule has 1 aliphatic rings. The molecule has 0 aliphatic carbocycles. The Balaban J connectivity index is 1.55. The van der Waals surface area contributed by atoms with Crippen molar-refractivity contribution in [1.29, 1.82) is 0 Å². The highest BCUT2D eigenvalue weighted by atomic mass is 32.1. The van der Waals surface area contributed by atoms with Gasteiger partial charge in [0, 0.05) is 25.8 Å². The van der Waals surface area contributed by atoms with Crippen molar-refractivity contribution in [3.63, 3.8) is 0 Å². The molecule has 2 aromatic carbocycles. The van der Waals surface area contributed by atoms with Gasteiger partial charge >= 0.3 is 0 Å². The first-order chi connectivity index (χ1) is 18.7. The van der Waals surface area contributed by atoms with Crippen molar-refractivity contribution in [1.82, 2.24) is 10.2 Å². The zero-order valence-electron chi connectivity index (χ0n) is 23.0. The molecule has 1 fully saturated rings. The average Bonchev–Trinajstić information content (AvgIpc) is 2.91. The minimum absolute atomic E-state index is 0.0562. The highest BCUT2D eigenvalue weighted by Gasteiger charge is 2.43. The molecule has 3 rings (SSSR count). The number of carbonyl (C=O) groups excluding carboxylic acids is 1. The summed E-state index contributed by atoms with van der Waals surface area (Å²) in [6.07, 6.45) is 4.53. The molecule has 1 amide bonds. The molecule has 0 aromatic heterocycles. The fourth-order valence-electron chi connectivity index (χ4n) is 4.63. The quantitative estimate of drug-likeness (QED) is 0.320. The normalized spacial score (nSPS) is 22.7. The second kappa shape index (κ2) is 15.2. The Morgan fingerprint density at radius 2 is 1.82 bits per heavy atom. The van der Waals surface area contributed by atoms with Gasteiger partial charge in [0.25, 0.3) is 0 Å². The Hall–Kier alpha value is -2.73. The van der Waals surface area contributed by atoms with Gasteiger partial charge in [-0.05, 0) is 61.1 Å². The van der Waals surface area contributed by atoms with Gasteiger partial charge in [-0.15, -0.1) is 17.6 Å². The smallest absolute Gasteiger partial charge is 0.220 e. The van der Waals surface area contributed by atoms with Crippen molar-refractivity contribution in [2.24, 2.45) is 0 Å². The van der Waals surface area contributed by atoms with Gasteiger partial charge in [0.15, 0.2) is 0 Å². The van der Waals surface area contributed by atoms with Crippen LogP contribution in [0.1, 0.15) is 46.8 Å². The maximum Gasteiger partial charge on any atom is 0.220 e. The number of hydrogen-bond acceptors (Lipinski definition) is 6. The fraction of sp³-hybridized carbons (Fsp3) is 0.484. The summed E-state index contributed by atoms with van der Waals surface area (Å²) in [5, 5.41) is 37.1. The third-order valence-corrected chi connectivity index (χ3v) is 7.48. The maximum absolute atomic E-state index is 12.1. The molecule has 7 nitrogen and oxygen atoms in total. The zero-order chi connectivity index (χ0) is 28.4. The monoisotopic (exact) mass is 552 g/mol. The standard InChI is InChI=1S/C31H40N2O5S/c1-5-16-33(3)17-15-32-27(34)8-6-7-22-10-12-23(13-11-22)18-25-19-24(14-9-21(25)2)31-30(37)29(36)28(35)26(38-31)20-39-4/h1,9-14,19,26,28-31,35-37H,6-8,15-18H2,2-4H3,(H,32,34)/t26?,28-,29+,30-,31+/m1/s1. The lowest BCUT2D eigenvalue weighted by atomic mass is 9.89. The van der Waals surface area contributed by atoms with Gasteiger partial charge < -0.3 is 25.4 Å². The molecule has 0 bridgehead atoms. The number of aliphatic hydroxyl groups is 3. The van der Waals surface area contributed by atoms with Crippen LogP contribution in [0.3, 0.4) is 0 Å². The fourth-order valence-corrected chi connectivity index (χ4v) is 5.06. The third-order valence-electron chi connectivity index (χ3n) is 7.01. The van der Waals surface area contributed by atoms with E-state index in [9.17, 15) is 20.1 Å². The van der Waals surface area contributed by atoms with E-state index in [0.717, 1.165) is 41.6 Å². The van der Waals surface area contributed by atoms with Crippen LogP contribution in [0.4, 0.5) is 0 Å². The summed E-state index contributed by atoms with van der Waals surface area (Å²) in [6.45, 7) is 3.94. The van der Waals surface area contributed by atoms with Crippen LogP contribution in [0.2, 0.25) is 0 Å². The van der Waals surface area contributed by atoms with Crippen LogP contribution in [-0.2, 0) is 22.4 Å². The highest BCUT2D eigenvalue weighted by molar-refractivity contribution is 7.87. The number of benzene rings is 2. The molecule has 2 aromatic rings. The van der Waals surface area contributed by atoms with E-state index in [-0.39, 0.29) is 5.91 Å². The van der Waals surface area contributed by atoms with E-state index in [1.807, 2.05) is 37.1 Å². The molecule has 0 radical (unpaired) electrons. The lowest BCUT2D eigenvalue weighted by molar-refractivity contribution is -0.209. The third kappa shape index (κ3) is 8.89. The summed E-state index contributed by atoms with van der Waals surface area (Å²) in [5.74, 6) is 2.64. The number of likely N-dealkylation sites (N-methyl/N-ethyl adjacent to an activating group) is 1. The molecule has 1 aliphatic heterocycles. The molecule has 1 heterocycles. The summed E-state index contributed by atoms with van der Waals surface area (Å²) >= 11 is 1.28. The Bertz CT molecular complexity index is 1200.